The molecule has 2 heterocycles. The molecule has 19 heavy (non-hydrogen) atoms. The van der Waals surface area contributed by atoms with Gasteiger partial charge in [-0.2, -0.15) is 0 Å². The lowest BCUT2D eigenvalue weighted by Gasteiger charge is -2.30. The van der Waals surface area contributed by atoms with Crippen LogP contribution in [-0.2, 0) is 0 Å². The number of aromatic nitrogens is 2. The first-order valence-corrected chi connectivity index (χ1v) is 6.66. The van der Waals surface area contributed by atoms with Crippen molar-refractivity contribution in [3.63, 3.8) is 0 Å². The van der Waals surface area contributed by atoms with Crippen LogP contribution in [0, 0.1) is 6.92 Å². The number of carboxylic acids is 1. The molecule has 0 atom stereocenters. The molecule has 1 aromatic rings. The van der Waals surface area contributed by atoms with Gasteiger partial charge in [0.15, 0.2) is 5.69 Å². The molecule has 1 saturated heterocycles. The zero-order chi connectivity index (χ0) is 14.4. The lowest BCUT2D eigenvalue weighted by molar-refractivity contribution is 0.0690. The molecule has 3 N–H and O–H groups in total. The van der Waals surface area contributed by atoms with Gasteiger partial charge in [-0.05, 0) is 25.8 Å². The van der Waals surface area contributed by atoms with E-state index in [1.54, 1.807) is 6.92 Å². The van der Waals surface area contributed by atoms with E-state index in [-0.39, 0.29) is 11.7 Å². The molecule has 1 aliphatic rings. The van der Waals surface area contributed by atoms with Crippen molar-refractivity contribution in [2.75, 3.05) is 18.0 Å². The second-order valence-electron chi connectivity index (χ2n) is 4.32. The highest BCUT2D eigenvalue weighted by Crippen LogP contribution is 2.16. The van der Waals surface area contributed by atoms with Crippen LogP contribution in [0.4, 0.5) is 5.95 Å². The van der Waals surface area contributed by atoms with Gasteiger partial charge in [-0.25, -0.2) is 14.8 Å². The molecule has 6 heteroatoms. The third-order valence-electron chi connectivity index (χ3n) is 2.88. The van der Waals surface area contributed by atoms with Crippen molar-refractivity contribution in [1.29, 1.82) is 0 Å². The Morgan fingerprint density at radius 2 is 1.95 bits per heavy atom. The fraction of sp³-hybridized carbons (Fsp3) is 0.615. The number of carboxylic acid groups (broad SMARTS) is 1. The maximum atomic E-state index is 10.9. The first-order valence-electron chi connectivity index (χ1n) is 6.66. The first kappa shape index (κ1) is 15.4. The van der Waals surface area contributed by atoms with Gasteiger partial charge in [0.2, 0.25) is 5.95 Å². The fourth-order valence-electron chi connectivity index (χ4n) is 1.90. The van der Waals surface area contributed by atoms with Gasteiger partial charge in [0.05, 0.1) is 0 Å². The van der Waals surface area contributed by atoms with Crippen molar-refractivity contribution in [3.8, 4) is 0 Å². The van der Waals surface area contributed by atoms with Gasteiger partial charge in [0.25, 0.3) is 0 Å². The minimum Gasteiger partial charge on any atom is -0.477 e. The average Bonchev–Trinajstić information content (AvgIpc) is 2.41. The maximum Gasteiger partial charge on any atom is 0.354 e. The molecule has 0 bridgehead atoms. The van der Waals surface area contributed by atoms with Crippen LogP contribution < -0.4 is 10.6 Å². The Bertz CT molecular complexity index is 429. The standard InChI is InChI=1S/C11H16N4O2.C2H6/c1-7-6-9(10(16)17)14-11(13-7)15-4-2-8(12)3-5-15;1-2/h6,8H,2-5,12H2,1H3,(H,16,17);1-2H3. The highest BCUT2D eigenvalue weighted by atomic mass is 16.4. The Balaban J connectivity index is 0.000000861. The van der Waals surface area contributed by atoms with E-state index in [4.69, 9.17) is 10.8 Å². The lowest BCUT2D eigenvalue weighted by atomic mass is 10.1. The van der Waals surface area contributed by atoms with E-state index >= 15 is 0 Å². The molecular weight excluding hydrogens is 244 g/mol. The van der Waals surface area contributed by atoms with Crippen LogP contribution in [0.5, 0.6) is 0 Å². The molecule has 0 spiro atoms. The third kappa shape index (κ3) is 4.17. The molecule has 0 unspecified atom stereocenters. The summed E-state index contributed by atoms with van der Waals surface area (Å²) in [4.78, 5) is 21.2. The van der Waals surface area contributed by atoms with Gasteiger partial charge in [-0.3, -0.25) is 0 Å². The van der Waals surface area contributed by atoms with Crippen molar-refractivity contribution in [2.45, 2.75) is 39.7 Å². The number of hydrogen-bond acceptors (Lipinski definition) is 5. The highest BCUT2D eigenvalue weighted by Gasteiger charge is 2.19. The van der Waals surface area contributed by atoms with Crippen LogP contribution in [0.1, 0.15) is 42.9 Å². The molecule has 1 aromatic heterocycles. The number of aromatic carboxylic acids is 1. The SMILES string of the molecule is CC.Cc1cc(C(=O)O)nc(N2CCC(N)CC2)n1. The zero-order valence-electron chi connectivity index (χ0n) is 11.8. The maximum absolute atomic E-state index is 10.9. The first-order chi connectivity index (χ1) is 9.06. The van der Waals surface area contributed by atoms with Crippen LogP contribution >= 0.6 is 0 Å². The van der Waals surface area contributed by atoms with Crippen LogP contribution in [0.3, 0.4) is 0 Å². The van der Waals surface area contributed by atoms with Gasteiger partial charge < -0.3 is 15.7 Å². The number of piperidine rings is 1. The Labute approximate surface area is 113 Å². The predicted octanol–water partition coefficient (Wildman–Crippen LogP) is 1.44. The largest absolute Gasteiger partial charge is 0.477 e. The third-order valence-corrected chi connectivity index (χ3v) is 2.88. The molecule has 0 radical (unpaired) electrons. The summed E-state index contributed by atoms with van der Waals surface area (Å²) in [5.74, 6) is -0.528. The molecule has 1 aliphatic heterocycles. The summed E-state index contributed by atoms with van der Waals surface area (Å²) in [6.45, 7) is 7.33. The van der Waals surface area contributed by atoms with E-state index < -0.39 is 5.97 Å². The summed E-state index contributed by atoms with van der Waals surface area (Å²) in [5.41, 5.74) is 6.53. The Morgan fingerprint density at radius 3 is 2.47 bits per heavy atom. The second-order valence-corrected chi connectivity index (χ2v) is 4.32. The molecule has 2 rings (SSSR count). The molecule has 0 aromatic carbocycles. The molecule has 0 saturated carbocycles. The van der Waals surface area contributed by atoms with Crippen molar-refractivity contribution >= 4 is 11.9 Å². The monoisotopic (exact) mass is 266 g/mol. The van der Waals surface area contributed by atoms with Gasteiger partial charge in [-0.1, -0.05) is 13.8 Å². The van der Waals surface area contributed by atoms with Crippen molar-refractivity contribution < 1.29 is 9.90 Å². The molecule has 106 valence electrons. The lowest BCUT2D eigenvalue weighted by Crippen LogP contribution is -2.40. The number of hydrogen-bond donors (Lipinski definition) is 2. The van der Waals surface area contributed by atoms with E-state index in [2.05, 4.69) is 9.97 Å². The van der Waals surface area contributed by atoms with Gasteiger partial charge in [-0.15, -0.1) is 0 Å². The summed E-state index contributed by atoms with van der Waals surface area (Å²) in [7, 11) is 0. The molecular formula is C13H22N4O2. The minimum absolute atomic E-state index is 0.0439. The summed E-state index contributed by atoms with van der Waals surface area (Å²) in [6, 6.07) is 1.71. The van der Waals surface area contributed by atoms with E-state index in [0.29, 0.717) is 11.6 Å². The van der Waals surface area contributed by atoms with E-state index in [1.165, 1.54) is 6.07 Å². The highest BCUT2D eigenvalue weighted by molar-refractivity contribution is 5.85. The van der Waals surface area contributed by atoms with E-state index in [0.717, 1.165) is 25.9 Å². The Hall–Kier alpha value is -1.69. The smallest absolute Gasteiger partial charge is 0.354 e. The molecule has 0 aliphatic carbocycles. The van der Waals surface area contributed by atoms with E-state index in [9.17, 15) is 4.79 Å². The number of nitrogens with zero attached hydrogens (tertiary/aromatic N) is 3. The zero-order valence-corrected chi connectivity index (χ0v) is 11.8. The number of aryl methyl sites for hydroxylation is 1. The van der Waals surface area contributed by atoms with E-state index in [1.807, 2.05) is 18.7 Å². The average molecular weight is 266 g/mol. The van der Waals surface area contributed by atoms with Gasteiger partial charge >= 0.3 is 5.97 Å². The topological polar surface area (TPSA) is 92.3 Å². The molecule has 6 nitrogen and oxygen atoms in total. The van der Waals surface area contributed by atoms with Crippen LogP contribution in [0.25, 0.3) is 0 Å². The number of nitrogens with two attached hydrogens (primary N) is 1. The normalized spacial score (nSPS) is 15.7. The Morgan fingerprint density at radius 1 is 1.37 bits per heavy atom. The van der Waals surface area contributed by atoms with Crippen molar-refractivity contribution in [2.24, 2.45) is 5.73 Å². The van der Waals surface area contributed by atoms with Crippen LogP contribution in [0.15, 0.2) is 6.07 Å². The Kier molecular flexibility index (Phi) is 5.69. The van der Waals surface area contributed by atoms with Crippen molar-refractivity contribution in [3.05, 3.63) is 17.5 Å². The molecule has 1 fully saturated rings. The van der Waals surface area contributed by atoms with Gasteiger partial charge in [0, 0.05) is 24.8 Å². The fourth-order valence-corrected chi connectivity index (χ4v) is 1.90. The van der Waals surface area contributed by atoms with Crippen LogP contribution in [-0.4, -0.2) is 40.2 Å². The summed E-state index contributed by atoms with van der Waals surface area (Å²) in [5, 5.41) is 8.95. The molecule has 0 amide bonds. The summed E-state index contributed by atoms with van der Waals surface area (Å²) >= 11 is 0. The predicted molar refractivity (Wildman–Crippen MR) is 74.5 cm³/mol. The van der Waals surface area contributed by atoms with Crippen LogP contribution in [0.2, 0.25) is 0 Å². The van der Waals surface area contributed by atoms with Gasteiger partial charge in [0.1, 0.15) is 0 Å². The second kappa shape index (κ2) is 7.04. The number of carbonyl (C=O) groups is 1. The quantitative estimate of drug-likeness (QED) is 0.841. The summed E-state index contributed by atoms with van der Waals surface area (Å²) in [6.07, 6.45) is 1.78. The number of rotatable bonds is 2. The number of anilines is 1. The summed E-state index contributed by atoms with van der Waals surface area (Å²) < 4.78 is 0. The minimum atomic E-state index is -1.02. The van der Waals surface area contributed by atoms with Crippen molar-refractivity contribution in [1.82, 2.24) is 9.97 Å².